The summed E-state index contributed by atoms with van der Waals surface area (Å²) in [4.78, 5) is 0. The molecule has 0 fully saturated rings. The van der Waals surface area contributed by atoms with Crippen LogP contribution in [0, 0.1) is 5.82 Å². The second kappa shape index (κ2) is 4.04. The maximum atomic E-state index is 13.3. The fourth-order valence-electron chi connectivity index (χ4n) is 1.35. The van der Waals surface area contributed by atoms with Gasteiger partial charge in [-0.15, -0.1) is 0 Å². The number of nitrogens with zero attached hydrogens (tertiary/aromatic N) is 2. The first-order valence-corrected chi connectivity index (χ1v) is 4.56. The molecule has 1 aromatic carbocycles. The van der Waals surface area contributed by atoms with Gasteiger partial charge in [0.05, 0.1) is 17.6 Å². The summed E-state index contributed by atoms with van der Waals surface area (Å²) in [6.45, 7) is 0. The minimum absolute atomic E-state index is 0.235. The summed E-state index contributed by atoms with van der Waals surface area (Å²) in [6.07, 6.45) is 1.87. The van der Waals surface area contributed by atoms with Crippen LogP contribution in [0.2, 0.25) is 0 Å². The number of hydrogen-bond acceptors (Lipinski definition) is 3. The van der Waals surface area contributed by atoms with E-state index in [0.717, 1.165) is 0 Å². The third-order valence-corrected chi connectivity index (χ3v) is 2.06. The molecule has 0 aliphatic rings. The number of benzene rings is 1. The van der Waals surface area contributed by atoms with Crippen molar-refractivity contribution in [3.05, 3.63) is 53.6 Å². The highest BCUT2D eigenvalue weighted by molar-refractivity contribution is 5.36. The topological polar surface area (TPSA) is 51.8 Å². The molecule has 3 nitrogen and oxygen atoms in total. The van der Waals surface area contributed by atoms with E-state index in [9.17, 15) is 4.39 Å². The van der Waals surface area contributed by atoms with Gasteiger partial charge in [-0.1, -0.05) is 18.2 Å². The monoisotopic (exact) mass is 203 g/mol. The van der Waals surface area contributed by atoms with Gasteiger partial charge in [-0.2, -0.15) is 10.2 Å². The second-order valence-corrected chi connectivity index (χ2v) is 3.25. The normalized spacial score (nSPS) is 10.2. The molecule has 2 aromatic rings. The molecular formula is C11H10FN3. The summed E-state index contributed by atoms with van der Waals surface area (Å²) < 4.78 is 13.3. The molecular weight excluding hydrogens is 193 g/mol. The lowest BCUT2D eigenvalue weighted by Gasteiger charge is -2.02. The fourth-order valence-corrected chi connectivity index (χ4v) is 1.35. The summed E-state index contributed by atoms with van der Waals surface area (Å²) in [5.41, 5.74) is 7.35. The Kier molecular flexibility index (Phi) is 2.58. The predicted octanol–water partition coefficient (Wildman–Crippen LogP) is 1.79. The van der Waals surface area contributed by atoms with Crippen molar-refractivity contribution >= 4 is 5.69 Å². The highest BCUT2D eigenvalue weighted by atomic mass is 19.1. The van der Waals surface area contributed by atoms with Crippen molar-refractivity contribution in [1.29, 1.82) is 0 Å². The maximum absolute atomic E-state index is 13.3. The molecule has 0 aliphatic carbocycles. The molecule has 4 heteroatoms. The Bertz CT molecular complexity index is 471. The van der Waals surface area contributed by atoms with E-state index in [4.69, 9.17) is 5.73 Å². The molecule has 0 aliphatic heterocycles. The Morgan fingerprint density at radius 3 is 2.80 bits per heavy atom. The smallest absolute Gasteiger partial charge is 0.126 e. The number of hydrogen-bond donors (Lipinski definition) is 1. The van der Waals surface area contributed by atoms with Gasteiger partial charge in [0, 0.05) is 6.42 Å². The average molecular weight is 203 g/mol. The van der Waals surface area contributed by atoms with Crippen molar-refractivity contribution in [1.82, 2.24) is 10.2 Å². The average Bonchev–Trinajstić information content (AvgIpc) is 2.22. The molecule has 2 rings (SSSR count). The van der Waals surface area contributed by atoms with E-state index in [1.54, 1.807) is 24.3 Å². The van der Waals surface area contributed by atoms with Crippen LogP contribution in [-0.4, -0.2) is 10.2 Å². The highest BCUT2D eigenvalue weighted by Crippen LogP contribution is 2.12. The van der Waals surface area contributed by atoms with Crippen molar-refractivity contribution in [2.75, 3.05) is 5.73 Å². The van der Waals surface area contributed by atoms with Gasteiger partial charge in [0.25, 0.3) is 0 Å². The van der Waals surface area contributed by atoms with Crippen molar-refractivity contribution in [2.45, 2.75) is 6.42 Å². The molecule has 2 N–H and O–H groups in total. The van der Waals surface area contributed by atoms with E-state index in [1.807, 2.05) is 0 Å². The SMILES string of the molecule is Nc1cnnc(Cc2ccccc2F)c1. The fraction of sp³-hybridized carbons (Fsp3) is 0.0909. The maximum Gasteiger partial charge on any atom is 0.126 e. The van der Waals surface area contributed by atoms with Gasteiger partial charge >= 0.3 is 0 Å². The summed E-state index contributed by atoms with van der Waals surface area (Å²) in [5, 5.41) is 7.59. The molecule has 0 atom stereocenters. The number of aromatic nitrogens is 2. The first kappa shape index (κ1) is 9.58. The van der Waals surface area contributed by atoms with Crippen molar-refractivity contribution in [3.63, 3.8) is 0 Å². The molecule has 1 heterocycles. The van der Waals surface area contributed by atoms with Crippen LogP contribution in [0.5, 0.6) is 0 Å². The molecule has 0 unspecified atom stereocenters. The molecule has 0 saturated carbocycles. The number of anilines is 1. The van der Waals surface area contributed by atoms with Crippen LogP contribution < -0.4 is 5.73 Å². The Balaban J connectivity index is 2.26. The molecule has 0 radical (unpaired) electrons. The largest absolute Gasteiger partial charge is 0.397 e. The molecule has 0 bridgehead atoms. The van der Waals surface area contributed by atoms with Crippen LogP contribution in [0.25, 0.3) is 0 Å². The van der Waals surface area contributed by atoms with Crippen LogP contribution in [-0.2, 0) is 6.42 Å². The lowest BCUT2D eigenvalue weighted by Crippen LogP contribution is -1.98. The lowest BCUT2D eigenvalue weighted by atomic mass is 10.1. The summed E-state index contributed by atoms with van der Waals surface area (Å²) in [5.74, 6) is -0.235. The van der Waals surface area contributed by atoms with Gasteiger partial charge < -0.3 is 5.73 Å². The van der Waals surface area contributed by atoms with Crippen LogP contribution in [0.15, 0.2) is 36.5 Å². The first-order chi connectivity index (χ1) is 7.25. The van der Waals surface area contributed by atoms with Crippen molar-refractivity contribution < 1.29 is 4.39 Å². The van der Waals surface area contributed by atoms with Gasteiger partial charge in [-0.05, 0) is 17.7 Å². The third kappa shape index (κ3) is 2.28. The second-order valence-electron chi connectivity index (χ2n) is 3.25. The Labute approximate surface area is 86.8 Å². The zero-order valence-electron chi connectivity index (χ0n) is 8.02. The third-order valence-electron chi connectivity index (χ3n) is 2.06. The van der Waals surface area contributed by atoms with Crippen LogP contribution in [0.4, 0.5) is 10.1 Å². The standard InChI is InChI=1S/C11H10FN3/c12-11-4-2-1-3-8(11)5-10-6-9(13)7-14-15-10/h1-4,6-7H,5H2,(H2,13,15). The van der Waals surface area contributed by atoms with E-state index in [1.165, 1.54) is 12.3 Å². The van der Waals surface area contributed by atoms with Crippen molar-refractivity contribution in [2.24, 2.45) is 0 Å². The molecule has 15 heavy (non-hydrogen) atoms. The van der Waals surface area contributed by atoms with Gasteiger partial charge in [0.2, 0.25) is 0 Å². The Morgan fingerprint density at radius 2 is 2.07 bits per heavy atom. The number of halogens is 1. The van der Waals surface area contributed by atoms with E-state index in [2.05, 4.69) is 10.2 Å². The summed E-state index contributed by atoms with van der Waals surface area (Å²) >= 11 is 0. The zero-order valence-corrected chi connectivity index (χ0v) is 8.02. The van der Waals surface area contributed by atoms with Gasteiger partial charge in [0.15, 0.2) is 0 Å². The summed E-state index contributed by atoms with van der Waals surface area (Å²) in [6, 6.07) is 8.29. The molecule has 0 saturated heterocycles. The zero-order chi connectivity index (χ0) is 10.7. The summed E-state index contributed by atoms with van der Waals surface area (Å²) in [7, 11) is 0. The minimum atomic E-state index is -0.235. The Morgan fingerprint density at radius 1 is 1.27 bits per heavy atom. The van der Waals surface area contributed by atoms with E-state index >= 15 is 0 Å². The van der Waals surface area contributed by atoms with Crippen molar-refractivity contribution in [3.8, 4) is 0 Å². The van der Waals surface area contributed by atoms with E-state index in [0.29, 0.717) is 23.4 Å². The number of nitrogens with two attached hydrogens (primary N) is 1. The van der Waals surface area contributed by atoms with Crippen LogP contribution >= 0.6 is 0 Å². The van der Waals surface area contributed by atoms with Crippen LogP contribution in [0.3, 0.4) is 0 Å². The number of nitrogen functional groups attached to an aromatic ring is 1. The van der Waals surface area contributed by atoms with Crippen LogP contribution in [0.1, 0.15) is 11.3 Å². The van der Waals surface area contributed by atoms with Gasteiger partial charge in [0.1, 0.15) is 5.82 Å². The molecule has 0 amide bonds. The first-order valence-electron chi connectivity index (χ1n) is 4.56. The predicted molar refractivity (Wildman–Crippen MR) is 55.7 cm³/mol. The quantitative estimate of drug-likeness (QED) is 0.809. The van der Waals surface area contributed by atoms with Gasteiger partial charge in [-0.25, -0.2) is 4.39 Å². The van der Waals surface area contributed by atoms with Gasteiger partial charge in [-0.3, -0.25) is 0 Å². The minimum Gasteiger partial charge on any atom is -0.397 e. The number of rotatable bonds is 2. The molecule has 1 aromatic heterocycles. The highest BCUT2D eigenvalue weighted by Gasteiger charge is 2.03. The lowest BCUT2D eigenvalue weighted by molar-refractivity contribution is 0.612. The van der Waals surface area contributed by atoms with E-state index < -0.39 is 0 Å². The Hall–Kier alpha value is -1.97. The van der Waals surface area contributed by atoms with E-state index in [-0.39, 0.29) is 5.82 Å². The molecule has 0 spiro atoms. The molecule has 76 valence electrons.